The Labute approximate surface area is 288 Å². The molecule has 3 heterocycles. The number of amides is 1. The van der Waals surface area contributed by atoms with Gasteiger partial charge >= 0.3 is 0 Å². The largest absolute Gasteiger partial charge is 0.346 e. The number of nitrogens with two attached hydrogens (primary N) is 1. The summed E-state index contributed by atoms with van der Waals surface area (Å²) >= 11 is 0. The number of carbonyl (C=O) groups is 2. The number of aliphatic imine (C=N–C) groups is 1. The number of Topliss-reactive ketones (excluding diaryl/α,β-unsaturated/α-hetero) is 1. The molecule has 0 spiro atoms. The first kappa shape index (κ1) is 35.3. The van der Waals surface area contributed by atoms with Crippen LogP contribution in [0.15, 0.2) is 35.8 Å². The van der Waals surface area contributed by atoms with Gasteiger partial charge in [-0.1, -0.05) is 18.2 Å². The highest BCUT2D eigenvalue weighted by molar-refractivity contribution is 5.98. The van der Waals surface area contributed by atoms with Crippen LogP contribution in [0.2, 0.25) is 0 Å². The monoisotopic (exact) mass is 677 g/mol. The van der Waals surface area contributed by atoms with Crippen molar-refractivity contribution >= 4 is 23.7 Å². The Balaban J connectivity index is 0.971. The molecule has 0 unspecified atom stereocenters. The molecule has 0 bridgehead atoms. The summed E-state index contributed by atoms with van der Waals surface area (Å²) in [6.07, 6.45) is 9.64. The third kappa shape index (κ3) is 7.80. The molecule has 2 saturated heterocycles. The Morgan fingerprint density at radius 2 is 1.73 bits per heavy atom. The Kier molecular flexibility index (Phi) is 10.7. The van der Waals surface area contributed by atoms with Gasteiger partial charge in [-0.15, -0.1) is 6.58 Å². The van der Waals surface area contributed by atoms with E-state index in [1.165, 1.54) is 19.9 Å². The number of ketones is 1. The summed E-state index contributed by atoms with van der Waals surface area (Å²) in [5.74, 6) is -0.744. The lowest BCUT2D eigenvalue weighted by atomic mass is 9.84. The van der Waals surface area contributed by atoms with Crippen LogP contribution in [0.5, 0.6) is 0 Å². The number of halogens is 3. The number of anilines is 1. The van der Waals surface area contributed by atoms with Crippen LogP contribution in [-0.4, -0.2) is 60.0 Å². The van der Waals surface area contributed by atoms with Crippen molar-refractivity contribution < 1.29 is 22.8 Å². The van der Waals surface area contributed by atoms with Crippen LogP contribution in [0.25, 0.3) is 0 Å². The molecule has 0 aromatic heterocycles. The number of fused-ring (bicyclic) bond motifs is 1. The van der Waals surface area contributed by atoms with Gasteiger partial charge in [-0.3, -0.25) is 14.6 Å². The maximum atomic E-state index is 16.0. The molecular formula is C39H50F3N5O2. The molecule has 1 amide bonds. The van der Waals surface area contributed by atoms with E-state index in [1.54, 1.807) is 6.34 Å². The van der Waals surface area contributed by atoms with Gasteiger partial charge in [0, 0.05) is 59.9 Å². The number of likely N-dealkylation sites (tertiary alicyclic amines) is 2. The lowest BCUT2D eigenvalue weighted by Gasteiger charge is -2.42. The van der Waals surface area contributed by atoms with Crippen molar-refractivity contribution in [2.24, 2.45) is 16.6 Å². The molecule has 1 atom stereocenters. The predicted octanol–water partition coefficient (Wildman–Crippen LogP) is 7.49. The summed E-state index contributed by atoms with van der Waals surface area (Å²) in [5, 5.41) is 3.08. The first-order valence-corrected chi connectivity index (χ1v) is 18.0. The molecule has 3 N–H and O–H groups in total. The van der Waals surface area contributed by atoms with Crippen LogP contribution < -0.4 is 11.1 Å². The van der Waals surface area contributed by atoms with Crippen LogP contribution in [-0.2, 0) is 23.3 Å². The van der Waals surface area contributed by atoms with E-state index in [-0.39, 0.29) is 59.1 Å². The summed E-state index contributed by atoms with van der Waals surface area (Å²) < 4.78 is 46.9. The normalized spacial score (nSPS) is 20.6. The van der Waals surface area contributed by atoms with Crippen LogP contribution in [0.1, 0.15) is 122 Å². The number of piperidine rings is 2. The van der Waals surface area contributed by atoms with Gasteiger partial charge in [0.2, 0.25) is 5.91 Å². The zero-order valence-electron chi connectivity index (χ0n) is 28.9. The van der Waals surface area contributed by atoms with Crippen LogP contribution in [0, 0.1) is 17.6 Å². The number of allylic oxidation sites excluding steroid dienone is 1. The quantitative estimate of drug-likeness (QED) is 0.180. The molecule has 3 aliphatic heterocycles. The molecule has 3 fully saturated rings. The van der Waals surface area contributed by atoms with Gasteiger partial charge in [-0.25, -0.2) is 13.2 Å². The molecule has 0 radical (unpaired) electrons. The number of nitrogens with zero attached hydrogens (tertiary/aromatic N) is 3. The number of alkyl halides is 1. The molecule has 7 nitrogen and oxygen atoms in total. The molecule has 4 aliphatic rings. The second-order valence-corrected chi connectivity index (χ2v) is 14.8. The van der Waals surface area contributed by atoms with E-state index in [2.05, 4.69) is 21.8 Å². The van der Waals surface area contributed by atoms with Gasteiger partial charge in [0.1, 0.15) is 23.5 Å². The van der Waals surface area contributed by atoms with E-state index < -0.39 is 23.5 Å². The maximum absolute atomic E-state index is 16.0. The lowest BCUT2D eigenvalue weighted by Crippen LogP contribution is -2.49. The standard InChI is InChI=1S/C39H50F3N5O2/c1-4-5-30-35(39(2,3)42)37(41)34(25-7-8-25)29(36(30)40)11-13-33(49)47-20-16-27(17-21-47)46-18-14-24(15-19-46)6-12-32(48)26-9-10-28-31(22-26)44-23-45-38(28)43/h4,9-10,22-25,27,38H,1,5-8,11-21,43H2,2-3H3,(H,44,45)/t38-/m0/s1. The second-order valence-electron chi connectivity index (χ2n) is 14.8. The summed E-state index contributed by atoms with van der Waals surface area (Å²) in [6, 6.07) is 6.01. The van der Waals surface area contributed by atoms with E-state index in [9.17, 15) is 9.59 Å². The van der Waals surface area contributed by atoms with Crippen molar-refractivity contribution in [2.45, 2.75) is 108 Å². The zero-order chi connectivity index (χ0) is 34.9. The predicted molar refractivity (Wildman–Crippen MR) is 188 cm³/mol. The number of carbonyl (C=O) groups excluding carboxylic acids is 2. The van der Waals surface area contributed by atoms with Gasteiger partial charge in [0.25, 0.3) is 0 Å². The molecule has 1 saturated carbocycles. The van der Waals surface area contributed by atoms with E-state index in [0.29, 0.717) is 37.0 Å². The average molecular weight is 678 g/mol. The van der Waals surface area contributed by atoms with Crippen molar-refractivity contribution in [3.05, 3.63) is 75.9 Å². The van der Waals surface area contributed by atoms with E-state index in [0.717, 1.165) is 69.3 Å². The van der Waals surface area contributed by atoms with Crippen LogP contribution >= 0.6 is 0 Å². The molecule has 2 aromatic rings. The summed E-state index contributed by atoms with van der Waals surface area (Å²) in [4.78, 5) is 34.8. The molecule has 6 rings (SSSR count). The van der Waals surface area contributed by atoms with Gasteiger partial charge in [0.05, 0.1) is 6.34 Å². The first-order chi connectivity index (χ1) is 23.5. The summed E-state index contributed by atoms with van der Waals surface area (Å²) in [5.41, 5.74) is 6.70. The number of rotatable bonds is 12. The molecule has 1 aliphatic carbocycles. The minimum Gasteiger partial charge on any atom is -0.346 e. The molecule has 49 heavy (non-hydrogen) atoms. The lowest BCUT2D eigenvalue weighted by molar-refractivity contribution is -0.132. The number of nitrogens with one attached hydrogen (secondary N) is 1. The van der Waals surface area contributed by atoms with E-state index >= 15 is 13.2 Å². The second kappa shape index (κ2) is 14.8. The minimum atomic E-state index is -2.04. The maximum Gasteiger partial charge on any atom is 0.222 e. The third-order valence-electron chi connectivity index (χ3n) is 11.0. The summed E-state index contributed by atoms with van der Waals surface area (Å²) in [6.45, 7) is 9.46. The minimum absolute atomic E-state index is 0.0106. The Hall–Kier alpha value is -3.50. The van der Waals surface area contributed by atoms with Gasteiger partial charge in [-0.05, 0) is 114 Å². The fraction of sp³-hybridized carbons (Fsp3) is 0.564. The number of hydrogen-bond donors (Lipinski definition) is 2. The highest BCUT2D eigenvalue weighted by atomic mass is 19.2. The van der Waals surface area contributed by atoms with E-state index in [4.69, 9.17) is 5.73 Å². The molecular weight excluding hydrogens is 627 g/mol. The van der Waals surface area contributed by atoms with Crippen molar-refractivity contribution in [2.75, 3.05) is 31.5 Å². The number of hydrogen-bond acceptors (Lipinski definition) is 6. The van der Waals surface area contributed by atoms with E-state index in [1.807, 2.05) is 23.1 Å². The fourth-order valence-electron chi connectivity index (χ4n) is 8.14. The van der Waals surface area contributed by atoms with Crippen molar-refractivity contribution in [1.82, 2.24) is 9.80 Å². The van der Waals surface area contributed by atoms with Crippen molar-refractivity contribution in [3.63, 3.8) is 0 Å². The third-order valence-corrected chi connectivity index (χ3v) is 11.0. The number of benzene rings is 2. The van der Waals surface area contributed by atoms with Crippen LogP contribution in [0.4, 0.5) is 18.9 Å². The zero-order valence-corrected chi connectivity index (χ0v) is 28.9. The van der Waals surface area contributed by atoms with Gasteiger partial charge in [-0.2, -0.15) is 0 Å². The Bertz CT molecular complexity index is 1600. The van der Waals surface area contributed by atoms with Gasteiger partial charge in [0.15, 0.2) is 5.78 Å². The molecule has 2 aromatic carbocycles. The van der Waals surface area contributed by atoms with Crippen molar-refractivity contribution in [1.29, 1.82) is 0 Å². The highest BCUT2D eigenvalue weighted by Gasteiger charge is 2.38. The van der Waals surface area contributed by atoms with Crippen LogP contribution in [0.3, 0.4) is 0 Å². The molecule has 264 valence electrons. The Morgan fingerprint density at radius 1 is 1.02 bits per heavy atom. The Morgan fingerprint density at radius 3 is 2.39 bits per heavy atom. The van der Waals surface area contributed by atoms with Crippen molar-refractivity contribution in [3.8, 4) is 0 Å². The fourth-order valence-corrected chi connectivity index (χ4v) is 8.14. The summed E-state index contributed by atoms with van der Waals surface area (Å²) in [7, 11) is 0. The molecule has 10 heteroatoms. The topological polar surface area (TPSA) is 91.0 Å². The smallest absolute Gasteiger partial charge is 0.222 e. The highest BCUT2D eigenvalue weighted by Crippen LogP contribution is 2.47. The first-order valence-electron chi connectivity index (χ1n) is 18.0. The van der Waals surface area contributed by atoms with Gasteiger partial charge < -0.3 is 20.9 Å². The average Bonchev–Trinajstić information content (AvgIpc) is 3.93. The SMILES string of the molecule is C=CCc1c(F)c(CCC(=O)N2CCC(N3CCC(CCC(=O)c4ccc5c(c4)NC=N[C@@H]5N)CC3)CC2)c(C2CC2)c(F)c1C(C)(C)F.